The Morgan fingerprint density at radius 2 is 2.03 bits per heavy atom. The maximum atomic E-state index is 15.9. The zero-order chi connectivity index (χ0) is 22.7. The highest BCUT2D eigenvalue weighted by atomic mass is 35.5. The second kappa shape index (κ2) is 7.78. The molecular weight excluding hydrogens is 447 g/mol. The lowest BCUT2D eigenvalue weighted by molar-refractivity contribution is 0.0945. The Hall–Kier alpha value is -3.04. The van der Waals surface area contributed by atoms with Gasteiger partial charge in [-0.3, -0.25) is 9.69 Å². The predicted octanol–water partition coefficient (Wildman–Crippen LogP) is 3.21. The van der Waals surface area contributed by atoms with Gasteiger partial charge in [-0.25, -0.2) is 14.4 Å². The molecule has 0 saturated carbocycles. The number of pyridine rings is 1. The SMILES string of the molecule is CCN1CCc2nc(Cl)nc(Oc3ncc4c(c3F)-c3[nH]c5c(c3CC4)C(=O)NCC5)c2C1. The fraction of sp³-hybridized carbons (Fsp3) is 0.391. The molecule has 3 aromatic heterocycles. The average Bonchev–Trinajstić information content (AvgIpc) is 3.20. The first-order chi connectivity index (χ1) is 16.0. The van der Waals surface area contributed by atoms with E-state index in [1.807, 2.05) is 0 Å². The van der Waals surface area contributed by atoms with Crippen LogP contribution in [0.3, 0.4) is 0 Å². The number of hydrogen-bond donors (Lipinski definition) is 2. The highest BCUT2D eigenvalue weighted by molar-refractivity contribution is 6.28. The highest BCUT2D eigenvalue weighted by Crippen LogP contribution is 2.41. The van der Waals surface area contributed by atoms with Gasteiger partial charge in [0.05, 0.1) is 22.5 Å². The first-order valence-corrected chi connectivity index (χ1v) is 11.6. The zero-order valence-corrected chi connectivity index (χ0v) is 18.9. The number of likely N-dealkylation sites (N-methyl/N-ethyl adjacent to an activating group) is 1. The van der Waals surface area contributed by atoms with Crippen LogP contribution in [0.25, 0.3) is 11.3 Å². The van der Waals surface area contributed by atoms with Crippen LogP contribution in [-0.2, 0) is 32.2 Å². The van der Waals surface area contributed by atoms with E-state index in [1.54, 1.807) is 6.20 Å². The molecule has 0 saturated heterocycles. The molecule has 3 aliphatic rings. The van der Waals surface area contributed by atoms with Crippen molar-refractivity contribution < 1.29 is 13.9 Å². The van der Waals surface area contributed by atoms with E-state index in [4.69, 9.17) is 16.3 Å². The molecular formula is C23H22ClFN6O2. The quantitative estimate of drug-likeness (QED) is 0.573. The molecule has 0 spiro atoms. The molecule has 5 heterocycles. The number of fused-ring (bicyclic) bond motifs is 6. The van der Waals surface area contributed by atoms with Crippen molar-refractivity contribution >= 4 is 17.5 Å². The maximum Gasteiger partial charge on any atom is 0.258 e. The summed E-state index contributed by atoms with van der Waals surface area (Å²) in [5.74, 6) is -0.607. The van der Waals surface area contributed by atoms with Crippen LogP contribution in [0.15, 0.2) is 6.20 Å². The summed E-state index contributed by atoms with van der Waals surface area (Å²) in [6, 6.07) is 0. The normalized spacial score (nSPS) is 17.0. The van der Waals surface area contributed by atoms with Crippen LogP contribution in [0.5, 0.6) is 11.8 Å². The summed E-state index contributed by atoms with van der Waals surface area (Å²) < 4.78 is 21.8. The number of aromatic nitrogens is 4. The molecule has 3 aromatic rings. The molecule has 1 aliphatic carbocycles. The fourth-order valence-electron chi connectivity index (χ4n) is 5.06. The molecule has 6 rings (SSSR count). The number of amides is 1. The van der Waals surface area contributed by atoms with Gasteiger partial charge < -0.3 is 15.0 Å². The van der Waals surface area contributed by atoms with E-state index in [0.717, 1.165) is 47.6 Å². The van der Waals surface area contributed by atoms with E-state index in [2.05, 4.69) is 37.1 Å². The van der Waals surface area contributed by atoms with Crippen LogP contribution in [0.2, 0.25) is 5.28 Å². The van der Waals surface area contributed by atoms with Gasteiger partial charge in [0.15, 0.2) is 5.82 Å². The fourth-order valence-corrected chi connectivity index (χ4v) is 5.24. The minimum absolute atomic E-state index is 0.0670. The molecule has 0 unspecified atom stereocenters. The number of aryl methyl sites for hydroxylation is 1. The minimum Gasteiger partial charge on any atom is -0.417 e. The number of nitrogens with one attached hydrogen (secondary N) is 2. The van der Waals surface area contributed by atoms with Gasteiger partial charge in [0.25, 0.3) is 11.8 Å². The van der Waals surface area contributed by atoms with Crippen molar-refractivity contribution in [2.75, 3.05) is 19.6 Å². The molecule has 0 fully saturated rings. The van der Waals surface area contributed by atoms with Crippen molar-refractivity contribution in [3.05, 3.63) is 50.9 Å². The lowest BCUT2D eigenvalue weighted by Crippen LogP contribution is -2.32. The largest absolute Gasteiger partial charge is 0.417 e. The van der Waals surface area contributed by atoms with Gasteiger partial charge in [-0.15, -0.1) is 0 Å². The molecule has 0 atom stereocenters. The standard InChI is InChI=1S/C23H22ClFN6O2/c1-2-31-8-6-14-13(10-31)21(30-23(24)29-14)33-22-18(25)16-11(9-27-22)3-4-12-17-15(28-19(12)16)5-7-26-20(17)32/h9,28H,2-8,10H2,1H3,(H,26,32). The Balaban J connectivity index is 1.43. The summed E-state index contributed by atoms with van der Waals surface area (Å²) in [4.78, 5) is 30.9. The number of ether oxygens (including phenoxy) is 1. The lowest BCUT2D eigenvalue weighted by atomic mass is 9.88. The van der Waals surface area contributed by atoms with Crippen LogP contribution in [0.4, 0.5) is 4.39 Å². The Morgan fingerprint density at radius 1 is 1.15 bits per heavy atom. The van der Waals surface area contributed by atoms with Crippen LogP contribution in [0.1, 0.15) is 45.4 Å². The number of carbonyl (C=O) groups is 1. The summed E-state index contributed by atoms with van der Waals surface area (Å²) in [5, 5.41) is 2.95. The highest BCUT2D eigenvalue weighted by Gasteiger charge is 2.33. The Kier molecular flexibility index (Phi) is 4.84. The van der Waals surface area contributed by atoms with Gasteiger partial charge in [0.1, 0.15) is 0 Å². The smallest absolute Gasteiger partial charge is 0.258 e. The summed E-state index contributed by atoms with van der Waals surface area (Å²) in [6.45, 7) is 5.00. The molecule has 1 amide bonds. The number of H-pyrrole nitrogens is 1. The first kappa shape index (κ1) is 20.6. The van der Waals surface area contributed by atoms with Crippen LogP contribution < -0.4 is 10.1 Å². The number of carbonyl (C=O) groups excluding carboxylic acids is 1. The van der Waals surface area contributed by atoms with Gasteiger partial charge in [0.2, 0.25) is 11.2 Å². The molecule has 0 aromatic carbocycles. The van der Waals surface area contributed by atoms with E-state index < -0.39 is 5.82 Å². The molecule has 33 heavy (non-hydrogen) atoms. The lowest BCUT2D eigenvalue weighted by Gasteiger charge is -2.27. The molecule has 2 aliphatic heterocycles. The third-order valence-electron chi connectivity index (χ3n) is 6.74. The van der Waals surface area contributed by atoms with Crippen LogP contribution in [-0.4, -0.2) is 50.4 Å². The van der Waals surface area contributed by atoms with E-state index in [0.29, 0.717) is 49.2 Å². The van der Waals surface area contributed by atoms with Crippen molar-refractivity contribution in [2.45, 2.75) is 39.2 Å². The third-order valence-corrected chi connectivity index (χ3v) is 6.91. The topological polar surface area (TPSA) is 96.0 Å². The molecule has 170 valence electrons. The number of rotatable bonds is 3. The summed E-state index contributed by atoms with van der Waals surface area (Å²) >= 11 is 6.14. The second-order valence-electron chi connectivity index (χ2n) is 8.56. The number of nitrogens with zero attached hydrogens (tertiary/aromatic N) is 4. The number of hydrogen-bond acceptors (Lipinski definition) is 6. The van der Waals surface area contributed by atoms with Gasteiger partial charge in [-0.2, -0.15) is 4.98 Å². The zero-order valence-electron chi connectivity index (χ0n) is 18.1. The minimum atomic E-state index is -0.570. The van der Waals surface area contributed by atoms with Crippen molar-refractivity contribution in [3.63, 3.8) is 0 Å². The Bertz CT molecular complexity index is 1310. The molecule has 10 heteroatoms. The van der Waals surface area contributed by atoms with Crippen molar-refractivity contribution in [1.82, 2.24) is 30.2 Å². The van der Waals surface area contributed by atoms with E-state index in [9.17, 15) is 4.79 Å². The Labute approximate surface area is 194 Å². The van der Waals surface area contributed by atoms with E-state index >= 15 is 4.39 Å². The van der Waals surface area contributed by atoms with Crippen molar-refractivity contribution in [1.29, 1.82) is 0 Å². The van der Waals surface area contributed by atoms with Gasteiger partial charge in [-0.1, -0.05) is 6.92 Å². The number of halogens is 2. The third kappa shape index (κ3) is 3.29. The molecule has 0 radical (unpaired) electrons. The Morgan fingerprint density at radius 3 is 2.88 bits per heavy atom. The molecule has 0 bridgehead atoms. The summed E-state index contributed by atoms with van der Waals surface area (Å²) in [5.41, 5.74) is 5.81. The van der Waals surface area contributed by atoms with E-state index in [-0.39, 0.29) is 23.0 Å². The molecule has 8 nitrogen and oxygen atoms in total. The maximum absolute atomic E-state index is 15.9. The second-order valence-corrected chi connectivity index (χ2v) is 8.90. The monoisotopic (exact) mass is 468 g/mol. The predicted molar refractivity (Wildman–Crippen MR) is 119 cm³/mol. The van der Waals surface area contributed by atoms with Crippen molar-refractivity contribution in [2.24, 2.45) is 0 Å². The summed E-state index contributed by atoms with van der Waals surface area (Å²) in [6.07, 6.45) is 4.32. The van der Waals surface area contributed by atoms with Crippen molar-refractivity contribution in [3.8, 4) is 23.0 Å². The van der Waals surface area contributed by atoms with Gasteiger partial charge in [-0.05, 0) is 42.1 Å². The summed E-state index contributed by atoms with van der Waals surface area (Å²) in [7, 11) is 0. The van der Waals surface area contributed by atoms with Gasteiger partial charge in [0, 0.05) is 49.9 Å². The van der Waals surface area contributed by atoms with Gasteiger partial charge >= 0.3 is 0 Å². The van der Waals surface area contributed by atoms with Crippen LogP contribution >= 0.6 is 11.6 Å². The first-order valence-electron chi connectivity index (χ1n) is 11.2. The van der Waals surface area contributed by atoms with E-state index in [1.165, 1.54) is 0 Å². The van der Waals surface area contributed by atoms with Crippen LogP contribution in [0, 0.1) is 5.82 Å². The number of aromatic amines is 1. The average molecular weight is 469 g/mol. The molecule has 2 N–H and O–H groups in total.